The molecule has 0 bridgehead atoms. The Morgan fingerprint density at radius 2 is 2.17 bits per heavy atom. The largest absolute Gasteiger partial charge is 0.444 e. The maximum Gasteiger partial charge on any atom is 0.410 e. The SMILES string of the molecule is CCn1nnc2c1CCN(C(=O)OC(C)(C)C)C2. The number of hydrogen-bond donors (Lipinski definition) is 0. The molecule has 6 heteroatoms. The Morgan fingerprint density at radius 1 is 1.44 bits per heavy atom. The summed E-state index contributed by atoms with van der Waals surface area (Å²) in [7, 11) is 0. The standard InChI is InChI=1S/C12H20N4O2/c1-5-16-10-6-7-15(8-9(10)13-14-16)11(17)18-12(2,3)4/h5-8H2,1-4H3. The van der Waals surface area contributed by atoms with E-state index >= 15 is 0 Å². The van der Waals surface area contributed by atoms with Crippen LogP contribution in [0, 0.1) is 0 Å². The Hall–Kier alpha value is -1.59. The monoisotopic (exact) mass is 252 g/mol. The van der Waals surface area contributed by atoms with Gasteiger partial charge in [0.25, 0.3) is 0 Å². The average molecular weight is 252 g/mol. The number of ether oxygens (including phenoxy) is 1. The van der Waals surface area contributed by atoms with Crippen LogP contribution in [-0.2, 0) is 24.2 Å². The maximum atomic E-state index is 11.9. The van der Waals surface area contributed by atoms with Crippen LogP contribution in [0.15, 0.2) is 0 Å². The summed E-state index contributed by atoms with van der Waals surface area (Å²) < 4.78 is 7.25. The Balaban J connectivity index is 2.06. The van der Waals surface area contributed by atoms with Gasteiger partial charge in [0.2, 0.25) is 0 Å². The molecule has 1 aliphatic heterocycles. The van der Waals surface area contributed by atoms with E-state index in [1.165, 1.54) is 0 Å². The molecule has 0 aliphatic carbocycles. The normalized spacial score (nSPS) is 15.4. The molecule has 0 N–H and O–H groups in total. The molecule has 0 unspecified atom stereocenters. The number of nitrogens with zero attached hydrogens (tertiary/aromatic N) is 4. The van der Waals surface area contributed by atoms with Crippen LogP contribution in [0.4, 0.5) is 4.79 Å². The second-order valence-corrected chi connectivity index (χ2v) is 5.45. The Morgan fingerprint density at radius 3 is 2.78 bits per heavy atom. The summed E-state index contributed by atoms with van der Waals surface area (Å²) >= 11 is 0. The number of aryl methyl sites for hydroxylation is 1. The van der Waals surface area contributed by atoms with Crippen molar-refractivity contribution in [2.75, 3.05) is 6.54 Å². The van der Waals surface area contributed by atoms with Gasteiger partial charge in [0, 0.05) is 19.5 Å². The van der Waals surface area contributed by atoms with E-state index < -0.39 is 5.60 Å². The summed E-state index contributed by atoms with van der Waals surface area (Å²) in [6, 6.07) is 0. The predicted octanol–water partition coefficient (Wildman–Crippen LogP) is 1.59. The van der Waals surface area contributed by atoms with E-state index in [2.05, 4.69) is 10.3 Å². The summed E-state index contributed by atoms with van der Waals surface area (Å²) in [6.45, 7) is 9.61. The van der Waals surface area contributed by atoms with Gasteiger partial charge in [-0.05, 0) is 27.7 Å². The molecule has 0 saturated heterocycles. The van der Waals surface area contributed by atoms with Crippen LogP contribution in [0.25, 0.3) is 0 Å². The summed E-state index contributed by atoms with van der Waals surface area (Å²) in [6.07, 6.45) is 0.509. The van der Waals surface area contributed by atoms with Crippen molar-refractivity contribution in [3.05, 3.63) is 11.4 Å². The van der Waals surface area contributed by atoms with Crippen LogP contribution in [-0.4, -0.2) is 38.1 Å². The van der Waals surface area contributed by atoms with Gasteiger partial charge in [-0.1, -0.05) is 5.21 Å². The number of aromatic nitrogens is 3. The number of carbonyl (C=O) groups is 1. The van der Waals surface area contributed by atoms with Crippen molar-refractivity contribution in [1.29, 1.82) is 0 Å². The number of carbonyl (C=O) groups excluding carboxylic acids is 1. The van der Waals surface area contributed by atoms with Gasteiger partial charge in [0.1, 0.15) is 11.3 Å². The van der Waals surface area contributed by atoms with Crippen molar-refractivity contribution >= 4 is 6.09 Å². The summed E-state index contributed by atoms with van der Waals surface area (Å²) in [4.78, 5) is 13.6. The molecule has 0 aromatic carbocycles. The van der Waals surface area contributed by atoms with Gasteiger partial charge in [0.15, 0.2) is 0 Å². The Labute approximate surface area is 107 Å². The zero-order valence-corrected chi connectivity index (χ0v) is 11.4. The molecule has 2 rings (SSSR count). The van der Waals surface area contributed by atoms with E-state index in [1.807, 2.05) is 32.4 Å². The first-order valence-electron chi connectivity index (χ1n) is 6.30. The zero-order chi connectivity index (χ0) is 13.3. The molecule has 6 nitrogen and oxygen atoms in total. The molecular weight excluding hydrogens is 232 g/mol. The molecule has 0 fully saturated rings. The smallest absolute Gasteiger partial charge is 0.410 e. The summed E-state index contributed by atoms with van der Waals surface area (Å²) in [5.41, 5.74) is 1.56. The molecule has 1 aromatic heterocycles. The minimum Gasteiger partial charge on any atom is -0.444 e. The highest BCUT2D eigenvalue weighted by Crippen LogP contribution is 2.19. The van der Waals surface area contributed by atoms with E-state index in [1.54, 1.807) is 4.90 Å². The second-order valence-electron chi connectivity index (χ2n) is 5.45. The number of fused-ring (bicyclic) bond motifs is 1. The van der Waals surface area contributed by atoms with Gasteiger partial charge >= 0.3 is 6.09 Å². The van der Waals surface area contributed by atoms with Gasteiger partial charge in [-0.25, -0.2) is 9.48 Å². The highest BCUT2D eigenvalue weighted by atomic mass is 16.6. The summed E-state index contributed by atoms with van der Waals surface area (Å²) in [5, 5.41) is 8.19. The third-order valence-corrected chi connectivity index (χ3v) is 2.83. The van der Waals surface area contributed by atoms with Gasteiger partial charge in [-0.2, -0.15) is 0 Å². The zero-order valence-electron chi connectivity index (χ0n) is 11.4. The third kappa shape index (κ3) is 2.63. The Bertz CT molecular complexity index is 447. The molecular formula is C12H20N4O2. The second kappa shape index (κ2) is 4.59. The number of hydrogen-bond acceptors (Lipinski definition) is 4. The minimum absolute atomic E-state index is 0.279. The first-order valence-corrected chi connectivity index (χ1v) is 6.30. The van der Waals surface area contributed by atoms with Gasteiger partial charge in [-0.3, -0.25) is 0 Å². The lowest BCUT2D eigenvalue weighted by Gasteiger charge is -2.29. The van der Waals surface area contributed by atoms with Crippen LogP contribution < -0.4 is 0 Å². The maximum absolute atomic E-state index is 11.9. The van der Waals surface area contributed by atoms with E-state index in [0.717, 1.165) is 24.4 Å². The molecule has 0 atom stereocenters. The fourth-order valence-electron chi connectivity index (χ4n) is 2.00. The highest BCUT2D eigenvalue weighted by Gasteiger charge is 2.28. The van der Waals surface area contributed by atoms with Crippen LogP contribution in [0.5, 0.6) is 0 Å². The quantitative estimate of drug-likeness (QED) is 0.761. The van der Waals surface area contributed by atoms with Crippen molar-refractivity contribution in [1.82, 2.24) is 19.9 Å². The molecule has 0 saturated carbocycles. The van der Waals surface area contributed by atoms with Crippen molar-refractivity contribution < 1.29 is 9.53 Å². The van der Waals surface area contributed by atoms with Crippen LogP contribution in [0.2, 0.25) is 0 Å². The van der Waals surface area contributed by atoms with E-state index in [9.17, 15) is 4.79 Å². The summed E-state index contributed by atoms with van der Waals surface area (Å²) in [5.74, 6) is 0. The number of amides is 1. The molecule has 2 heterocycles. The first kappa shape index (κ1) is 12.9. The minimum atomic E-state index is -0.460. The lowest BCUT2D eigenvalue weighted by molar-refractivity contribution is 0.0220. The topological polar surface area (TPSA) is 60.2 Å². The van der Waals surface area contributed by atoms with Crippen LogP contribution in [0.1, 0.15) is 39.1 Å². The van der Waals surface area contributed by atoms with Gasteiger partial charge < -0.3 is 9.64 Å². The average Bonchev–Trinajstić information content (AvgIpc) is 2.68. The first-order chi connectivity index (χ1) is 8.40. The molecule has 1 aliphatic rings. The lowest BCUT2D eigenvalue weighted by Crippen LogP contribution is -2.40. The van der Waals surface area contributed by atoms with Crippen molar-refractivity contribution in [3.63, 3.8) is 0 Å². The fraction of sp³-hybridized carbons (Fsp3) is 0.750. The van der Waals surface area contributed by atoms with E-state index in [4.69, 9.17) is 4.74 Å². The van der Waals surface area contributed by atoms with Crippen LogP contribution in [0.3, 0.4) is 0 Å². The van der Waals surface area contributed by atoms with Crippen LogP contribution >= 0.6 is 0 Å². The van der Waals surface area contributed by atoms with Crippen molar-refractivity contribution in [3.8, 4) is 0 Å². The van der Waals surface area contributed by atoms with E-state index in [-0.39, 0.29) is 6.09 Å². The lowest BCUT2D eigenvalue weighted by atomic mass is 10.1. The predicted molar refractivity (Wildman–Crippen MR) is 66.0 cm³/mol. The molecule has 0 radical (unpaired) electrons. The van der Waals surface area contributed by atoms with Gasteiger partial charge in [-0.15, -0.1) is 5.10 Å². The molecule has 18 heavy (non-hydrogen) atoms. The van der Waals surface area contributed by atoms with E-state index in [0.29, 0.717) is 13.1 Å². The molecule has 100 valence electrons. The fourth-order valence-corrected chi connectivity index (χ4v) is 2.00. The Kier molecular flexibility index (Phi) is 3.28. The molecule has 0 spiro atoms. The third-order valence-electron chi connectivity index (χ3n) is 2.83. The van der Waals surface area contributed by atoms with Crippen molar-refractivity contribution in [2.45, 2.75) is 52.8 Å². The number of rotatable bonds is 1. The van der Waals surface area contributed by atoms with Gasteiger partial charge in [0.05, 0.1) is 12.2 Å². The van der Waals surface area contributed by atoms with Crippen molar-refractivity contribution in [2.24, 2.45) is 0 Å². The molecule has 1 amide bonds. The molecule has 1 aromatic rings. The highest BCUT2D eigenvalue weighted by molar-refractivity contribution is 5.68.